The lowest BCUT2D eigenvalue weighted by molar-refractivity contribution is 0.101. The molecule has 0 saturated carbocycles. The molecular weight excluding hydrogens is 450 g/mol. The minimum Gasteiger partial charge on any atom is -0.501 e. The number of rotatable bonds is 6. The number of aromatic hydroxyl groups is 1. The van der Waals surface area contributed by atoms with Gasteiger partial charge in [0.15, 0.2) is 5.69 Å². The van der Waals surface area contributed by atoms with E-state index in [-0.39, 0.29) is 11.5 Å². The zero-order chi connectivity index (χ0) is 25.1. The number of anilines is 1. The van der Waals surface area contributed by atoms with E-state index >= 15 is 0 Å². The summed E-state index contributed by atoms with van der Waals surface area (Å²) in [5, 5.41) is 26.1. The lowest BCUT2D eigenvalue weighted by atomic mass is 9.81. The normalized spacial score (nSPS) is 12.5. The van der Waals surface area contributed by atoms with Crippen molar-refractivity contribution in [3.8, 4) is 11.8 Å². The summed E-state index contributed by atoms with van der Waals surface area (Å²) in [6.45, 7) is 3.57. The molecule has 35 heavy (non-hydrogen) atoms. The standard InChI is InChI=1S/C24H21N7O4/c1-13(19(18-8-9-26-14(2)28-18)17-7-5-4-6-15(17)10-25)22-30-20(21(32)24(34)31(22)3)23(33)29-16-11-27-35-12-16/h4-9,11-13,19,32H,1-3H3,(H,29,33)/t13-,19+/m1/s1. The molecule has 2 atom stereocenters. The van der Waals surface area contributed by atoms with E-state index in [1.54, 1.807) is 31.3 Å². The number of carbonyl (C=O) groups is 1. The van der Waals surface area contributed by atoms with E-state index in [2.05, 4.69) is 31.5 Å². The van der Waals surface area contributed by atoms with E-state index in [0.29, 0.717) is 22.6 Å². The Kier molecular flexibility index (Phi) is 6.37. The van der Waals surface area contributed by atoms with Crippen LogP contribution >= 0.6 is 0 Å². The minimum atomic E-state index is -0.802. The minimum absolute atomic E-state index is 0.220. The van der Waals surface area contributed by atoms with E-state index in [1.807, 2.05) is 19.1 Å². The topological polar surface area (TPSA) is 160 Å². The number of amides is 1. The Hall–Kier alpha value is -4.85. The van der Waals surface area contributed by atoms with Crippen LogP contribution in [-0.4, -0.2) is 35.7 Å². The molecule has 0 spiro atoms. The number of carbonyl (C=O) groups excluding carboxylic acids is 1. The van der Waals surface area contributed by atoms with Crippen LogP contribution in [0.3, 0.4) is 0 Å². The van der Waals surface area contributed by atoms with Gasteiger partial charge in [0.05, 0.1) is 23.5 Å². The van der Waals surface area contributed by atoms with Gasteiger partial charge in [-0.2, -0.15) is 5.26 Å². The van der Waals surface area contributed by atoms with Crippen molar-refractivity contribution in [1.29, 1.82) is 5.26 Å². The average molecular weight is 471 g/mol. The number of aromatic nitrogens is 5. The molecular formula is C24H21N7O4. The summed E-state index contributed by atoms with van der Waals surface area (Å²) in [4.78, 5) is 38.8. The summed E-state index contributed by atoms with van der Waals surface area (Å²) >= 11 is 0. The first-order chi connectivity index (χ1) is 16.8. The van der Waals surface area contributed by atoms with Crippen LogP contribution in [0.25, 0.3) is 0 Å². The molecule has 0 bridgehead atoms. The monoisotopic (exact) mass is 471 g/mol. The van der Waals surface area contributed by atoms with Crippen molar-refractivity contribution in [2.45, 2.75) is 25.7 Å². The van der Waals surface area contributed by atoms with Crippen LogP contribution in [0.5, 0.6) is 5.75 Å². The van der Waals surface area contributed by atoms with Gasteiger partial charge in [0.1, 0.15) is 23.6 Å². The molecule has 11 nitrogen and oxygen atoms in total. The molecule has 0 aliphatic heterocycles. The lowest BCUT2D eigenvalue weighted by Gasteiger charge is -2.26. The van der Waals surface area contributed by atoms with Crippen LogP contribution in [0.4, 0.5) is 5.69 Å². The van der Waals surface area contributed by atoms with Crippen molar-refractivity contribution in [1.82, 2.24) is 24.7 Å². The molecule has 11 heteroatoms. The fourth-order valence-electron chi connectivity index (χ4n) is 3.98. The summed E-state index contributed by atoms with van der Waals surface area (Å²) in [5.74, 6) is -1.89. The first-order valence-corrected chi connectivity index (χ1v) is 10.6. The number of hydrogen-bond acceptors (Lipinski definition) is 9. The maximum Gasteiger partial charge on any atom is 0.296 e. The Labute approximate surface area is 199 Å². The van der Waals surface area contributed by atoms with Crippen LogP contribution in [0.15, 0.2) is 58.3 Å². The highest BCUT2D eigenvalue weighted by Crippen LogP contribution is 2.38. The van der Waals surface area contributed by atoms with Crippen molar-refractivity contribution in [2.75, 3.05) is 5.32 Å². The molecule has 0 fully saturated rings. The Morgan fingerprint density at radius 1 is 1.26 bits per heavy atom. The van der Waals surface area contributed by atoms with Crippen LogP contribution in [-0.2, 0) is 7.05 Å². The number of nitrogens with zero attached hydrogens (tertiary/aromatic N) is 6. The fourth-order valence-corrected chi connectivity index (χ4v) is 3.98. The first kappa shape index (κ1) is 23.3. The predicted octanol–water partition coefficient (Wildman–Crippen LogP) is 2.63. The number of aryl methyl sites for hydroxylation is 1. The third kappa shape index (κ3) is 4.49. The van der Waals surface area contributed by atoms with Crippen molar-refractivity contribution >= 4 is 11.6 Å². The molecule has 0 aliphatic rings. The van der Waals surface area contributed by atoms with Gasteiger partial charge >= 0.3 is 0 Å². The third-order valence-electron chi connectivity index (χ3n) is 5.65. The molecule has 0 saturated heterocycles. The largest absolute Gasteiger partial charge is 0.501 e. The summed E-state index contributed by atoms with van der Waals surface area (Å²) in [7, 11) is 1.46. The number of benzene rings is 1. The van der Waals surface area contributed by atoms with Gasteiger partial charge in [-0.05, 0) is 24.6 Å². The van der Waals surface area contributed by atoms with Gasteiger partial charge in [-0.25, -0.2) is 15.0 Å². The number of nitriles is 1. The second kappa shape index (κ2) is 9.56. The van der Waals surface area contributed by atoms with E-state index < -0.39 is 34.7 Å². The van der Waals surface area contributed by atoms with Gasteiger partial charge in [-0.3, -0.25) is 14.2 Å². The third-order valence-corrected chi connectivity index (χ3v) is 5.65. The first-order valence-electron chi connectivity index (χ1n) is 10.6. The average Bonchev–Trinajstić information content (AvgIpc) is 3.36. The van der Waals surface area contributed by atoms with Gasteiger partial charge in [0, 0.05) is 25.1 Å². The zero-order valence-corrected chi connectivity index (χ0v) is 19.1. The van der Waals surface area contributed by atoms with E-state index in [1.165, 1.54) is 24.1 Å². The molecule has 3 aromatic heterocycles. The van der Waals surface area contributed by atoms with Gasteiger partial charge in [-0.15, -0.1) is 0 Å². The number of hydrogen-bond donors (Lipinski definition) is 2. The maximum atomic E-state index is 12.9. The Balaban J connectivity index is 1.87. The van der Waals surface area contributed by atoms with Crippen LogP contribution in [0, 0.1) is 18.3 Å². The molecule has 1 aromatic carbocycles. The summed E-state index contributed by atoms with van der Waals surface area (Å²) in [5.41, 5.74) is 0.744. The molecule has 0 aliphatic carbocycles. The van der Waals surface area contributed by atoms with Gasteiger partial charge in [0.2, 0.25) is 5.75 Å². The molecule has 176 valence electrons. The van der Waals surface area contributed by atoms with Crippen LogP contribution in [0.1, 0.15) is 57.7 Å². The lowest BCUT2D eigenvalue weighted by Crippen LogP contribution is -2.29. The molecule has 3 heterocycles. The molecule has 4 aromatic rings. The summed E-state index contributed by atoms with van der Waals surface area (Å²) in [6, 6.07) is 11.0. The van der Waals surface area contributed by atoms with Crippen molar-refractivity contribution < 1.29 is 14.4 Å². The van der Waals surface area contributed by atoms with Crippen molar-refractivity contribution in [2.24, 2.45) is 7.05 Å². The van der Waals surface area contributed by atoms with E-state index in [0.717, 1.165) is 0 Å². The van der Waals surface area contributed by atoms with E-state index in [4.69, 9.17) is 4.52 Å². The molecule has 2 N–H and O–H groups in total. The second-order valence-electron chi connectivity index (χ2n) is 7.89. The predicted molar refractivity (Wildman–Crippen MR) is 124 cm³/mol. The Morgan fingerprint density at radius 3 is 2.71 bits per heavy atom. The molecule has 4 rings (SSSR count). The van der Waals surface area contributed by atoms with Crippen LogP contribution < -0.4 is 10.9 Å². The van der Waals surface area contributed by atoms with Crippen molar-refractivity contribution in [3.05, 3.63) is 93.5 Å². The maximum absolute atomic E-state index is 12.9. The highest BCUT2D eigenvalue weighted by Gasteiger charge is 2.31. The number of nitrogens with one attached hydrogen (secondary N) is 1. The van der Waals surface area contributed by atoms with Gasteiger partial charge in [-0.1, -0.05) is 30.3 Å². The van der Waals surface area contributed by atoms with Gasteiger partial charge in [0.25, 0.3) is 11.5 Å². The van der Waals surface area contributed by atoms with Crippen LogP contribution in [0.2, 0.25) is 0 Å². The summed E-state index contributed by atoms with van der Waals surface area (Å²) in [6.07, 6.45) is 4.09. The quantitative estimate of drug-likeness (QED) is 0.431. The molecule has 0 unspecified atom stereocenters. The Morgan fingerprint density at radius 2 is 2.03 bits per heavy atom. The second-order valence-corrected chi connectivity index (χ2v) is 7.89. The van der Waals surface area contributed by atoms with E-state index in [9.17, 15) is 20.0 Å². The SMILES string of the molecule is Cc1nccc([C@H](c2ccccc2C#N)[C@@H](C)c2nc(C(=O)Nc3cnoc3)c(O)c(=O)n2C)n1. The smallest absolute Gasteiger partial charge is 0.296 e. The molecule has 1 amide bonds. The Bertz CT molecular complexity index is 1490. The van der Waals surface area contributed by atoms with Gasteiger partial charge < -0.3 is 14.9 Å². The highest BCUT2D eigenvalue weighted by molar-refractivity contribution is 6.04. The van der Waals surface area contributed by atoms with Crippen molar-refractivity contribution in [3.63, 3.8) is 0 Å². The molecule has 0 radical (unpaired) electrons. The summed E-state index contributed by atoms with van der Waals surface area (Å²) < 4.78 is 5.88. The highest BCUT2D eigenvalue weighted by atomic mass is 16.5. The zero-order valence-electron chi connectivity index (χ0n) is 19.1. The fraction of sp³-hybridized carbons (Fsp3) is 0.208.